The zero-order valence-electron chi connectivity index (χ0n) is 29.1. The molecule has 2 aromatic heterocycles. The number of nitrogens with zero attached hydrogens (tertiary/aromatic N) is 6. The van der Waals surface area contributed by atoms with Crippen LogP contribution in [0.1, 0.15) is 45.2 Å². The van der Waals surface area contributed by atoms with Crippen LogP contribution in [0.25, 0.3) is 44.9 Å². The average Bonchev–Trinajstić information content (AvgIpc) is 3.80. The van der Waals surface area contributed by atoms with E-state index in [1.165, 1.54) is 9.25 Å². The minimum atomic E-state index is -0.807. The Morgan fingerprint density at radius 3 is 2.24 bits per heavy atom. The number of fused-ring (bicyclic) bond motifs is 2. The minimum absolute atomic E-state index is 0.0229. The van der Waals surface area contributed by atoms with Crippen LogP contribution in [0, 0.1) is 0 Å². The summed E-state index contributed by atoms with van der Waals surface area (Å²) in [6.45, 7) is -0.224. The summed E-state index contributed by atoms with van der Waals surface area (Å²) in [6, 6.07) is 28.2. The van der Waals surface area contributed by atoms with Gasteiger partial charge >= 0.3 is 17.6 Å². The topological polar surface area (TPSA) is 198 Å². The van der Waals surface area contributed by atoms with Gasteiger partial charge in [-0.05, 0) is 108 Å². The monoisotopic (exact) mass is 723 g/mol. The van der Waals surface area contributed by atoms with E-state index in [1.54, 1.807) is 78.4 Å². The van der Waals surface area contributed by atoms with E-state index in [0.29, 0.717) is 45.2 Å². The van der Waals surface area contributed by atoms with Gasteiger partial charge in [-0.25, -0.2) is 0 Å². The van der Waals surface area contributed by atoms with Crippen molar-refractivity contribution in [2.24, 2.45) is 11.5 Å². The van der Waals surface area contributed by atoms with E-state index in [0.717, 1.165) is 42.2 Å². The fraction of sp³-hybridized carbons (Fsp3) is 0.150. The van der Waals surface area contributed by atoms with Gasteiger partial charge in [-0.1, -0.05) is 41.1 Å². The van der Waals surface area contributed by atoms with Crippen molar-refractivity contribution in [1.29, 1.82) is 0 Å². The van der Waals surface area contributed by atoms with Crippen LogP contribution in [0.3, 0.4) is 0 Å². The molecular weight excluding hydrogens is 688 g/mol. The molecule has 0 bridgehead atoms. The van der Waals surface area contributed by atoms with E-state index in [-0.39, 0.29) is 35.7 Å². The molecule has 0 spiro atoms. The second-order valence-corrected chi connectivity index (χ2v) is 12.8. The van der Waals surface area contributed by atoms with Gasteiger partial charge in [-0.15, -0.1) is 10.2 Å². The van der Waals surface area contributed by atoms with Gasteiger partial charge < -0.3 is 31.2 Å². The number of amides is 2. The van der Waals surface area contributed by atoms with E-state index < -0.39 is 11.8 Å². The molecule has 2 amide bonds. The number of nitrogens with two attached hydrogens (primary N) is 2. The highest BCUT2D eigenvalue weighted by Gasteiger charge is 2.36. The van der Waals surface area contributed by atoms with Gasteiger partial charge in [-0.3, -0.25) is 14.2 Å². The van der Waals surface area contributed by atoms with E-state index in [2.05, 4.69) is 10.2 Å². The molecule has 1 aliphatic rings. The molecule has 54 heavy (non-hydrogen) atoms. The first-order valence-corrected chi connectivity index (χ1v) is 17.2. The summed E-state index contributed by atoms with van der Waals surface area (Å²) in [5.41, 5.74) is 15.8. The third kappa shape index (κ3) is 5.88. The summed E-state index contributed by atoms with van der Waals surface area (Å²) in [6.07, 6.45) is 3.61. The summed E-state index contributed by atoms with van der Waals surface area (Å²) in [5.74, 6) is -0.112. The molecule has 2 heterocycles. The molecule has 0 aliphatic heterocycles. The first-order valence-electron chi connectivity index (χ1n) is 17.2. The van der Waals surface area contributed by atoms with Gasteiger partial charge in [0.25, 0.3) is 5.91 Å². The number of methoxy groups -OCH3 is 1. The lowest BCUT2D eigenvalue weighted by Gasteiger charge is -2.18. The maximum Gasteiger partial charge on any atom is 0.334 e. The number of aryl methyl sites for hydroxylation is 1. The molecule has 0 saturated heterocycles. The number of phenolic OH excluding ortho intramolecular Hbond substituents is 2. The molecule has 0 saturated carbocycles. The Kier molecular flexibility index (Phi) is 8.62. The summed E-state index contributed by atoms with van der Waals surface area (Å²) >= 11 is 0. The van der Waals surface area contributed by atoms with Crippen molar-refractivity contribution >= 4 is 22.6 Å². The largest absolute Gasteiger partial charge is 0.507 e. The Morgan fingerprint density at radius 2 is 1.50 bits per heavy atom. The van der Waals surface area contributed by atoms with E-state index in [1.807, 2.05) is 30.3 Å². The summed E-state index contributed by atoms with van der Waals surface area (Å²) in [7, 11) is 1.57. The molecule has 14 nitrogen and oxygen atoms in total. The van der Waals surface area contributed by atoms with Crippen LogP contribution in [-0.4, -0.2) is 53.7 Å². The van der Waals surface area contributed by atoms with Gasteiger partial charge in [0.05, 0.1) is 17.8 Å². The Morgan fingerprint density at radius 1 is 0.796 bits per heavy atom. The quantitative estimate of drug-likeness (QED) is 0.144. The molecule has 0 fully saturated rings. The van der Waals surface area contributed by atoms with Crippen LogP contribution in [0.2, 0.25) is 0 Å². The second kappa shape index (κ2) is 13.7. The maximum absolute atomic E-state index is 13.2. The van der Waals surface area contributed by atoms with Crippen molar-refractivity contribution in [1.82, 2.24) is 24.5 Å². The van der Waals surface area contributed by atoms with Crippen LogP contribution in [-0.2, 0) is 19.6 Å². The van der Waals surface area contributed by atoms with Crippen molar-refractivity contribution < 1.29 is 33.8 Å². The van der Waals surface area contributed by atoms with Crippen LogP contribution in [0.5, 0.6) is 23.0 Å². The molecule has 0 atom stereocenters. The number of hydrogen-bond acceptors (Lipinski definition) is 9. The molecule has 7 aromatic rings. The number of ether oxygens (including phenoxy) is 2. The molecule has 0 radical (unpaired) electrons. The predicted octanol–water partition coefficient (Wildman–Crippen LogP) is 4.76. The fourth-order valence-electron chi connectivity index (χ4n) is 7.12. The van der Waals surface area contributed by atoms with Gasteiger partial charge in [0.15, 0.2) is 5.82 Å². The van der Waals surface area contributed by atoms with Gasteiger partial charge in [0.1, 0.15) is 34.2 Å². The number of aromatic hydroxyl groups is 2. The summed E-state index contributed by atoms with van der Waals surface area (Å²) in [5, 5.41) is 36.9. The maximum atomic E-state index is 13.2. The van der Waals surface area contributed by atoms with E-state index >= 15 is 0 Å². The lowest BCUT2D eigenvalue weighted by molar-refractivity contribution is -0.587. The van der Waals surface area contributed by atoms with Crippen molar-refractivity contribution in [3.05, 3.63) is 120 Å². The van der Waals surface area contributed by atoms with Gasteiger partial charge in [0.2, 0.25) is 12.6 Å². The number of phenols is 2. The minimum Gasteiger partial charge on any atom is -0.507 e. The third-order valence-corrected chi connectivity index (χ3v) is 9.63. The van der Waals surface area contributed by atoms with Crippen molar-refractivity contribution in [2.45, 2.75) is 32.4 Å². The van der Waals surface area contributed by atoms with Crippen LogP contribution in [0.15, 0.2) is 97.1 Å². The zero-order chi connectivity index (χ0) is 37.5. The lowest BCUT2D eigenvalue weighted by Crippen LogP contribution is -2.42. The predicted molar refractivity (Wildman–Crippen MR) is 198 cm³/mol. The molecule has 14 heteroatoms. The summed E-state index contributed by atoms with van der Waals surface area (Å²) < 4.78 is 16.0. The van der Waals surface area contributed by atoms with Crippen LogP contribution >= 0.6 is 0 Å². The number of carbonyl (C=O) groups is 2. The van der Waals surface area contributed by atoms with Crippen LogP contribution in [0.4, 0.5) is 0 Å². The Bertz CT molecular complexity index is 2580. The normalized spacial score (nSPS) is 12.4. The van der Waals surface area contributed by atoms with Crippen molar-refractivity contribution in [2.75, 3.05) is 7.11 Å². The van der Waals surface area contributed by atoms with Gasteiger partial charge in [-0.2, -0.15) is 4.57 Å². The average molecular weight is 724 g/mol. The highest BCUT2D eigenvalue weighted by atomic mass is 16.5. The highest BCUT2D eigenvalue weighted by molar-refractivity contribution is 5.99. The Labute approximate surface area is 308 Å². The molecule has 8 rings (SSSR count). The van der Waals surface area contributed by atoms with Crippen LogP contribution < -0.4 is 25.5 Å². The Balaban J connectivity index is 1.18. The lowest BCUT2D eigenvalue weighted by atomic mass is 9.87. The zero-order valence-corrected chi connectivity index (χ0v) is 29.1. The van der Waals surface area contributed by atoms with Gasteiger partial charge in [0, 0.05) is 5.69 Å². The standard InChI is InChI=1S/C40H34N8O6/c1-53-27-16-12-26(13-17-27)48-38(34-30-9-5-3-7-24(30)11-21-32(34)50)45-46(40(48)36(42)52)22-54-28-18-14-25(15-19-28)47-37(43-44-39(47)35(41)51)33-29-8-4-2-6-23(29)10-20-31(33)49/h2,4,6,8,10-21H,3,5,7,9,22H2,1H3,(H5-,41,42,43,45,49,50,51,52)/p+1. The molecule has 5 aromatic carbocycles. The number of carbonyl (C=O) groups excluding carboxylic acids is 2. The van der Waals surface area contributed by atoms with E-state index in [4.69, 9.17) is 26.0 Å². The number of hydrogen-bond donors (Lipinski definition) is 4. The SMILES string of the molecule is COc1ccc(-[n+]2c(-c3c(O)ccc4c3CCCC4)nn(COc3ccc(-n4c(C(N)=O)nnc4-c4c(O)ccc5ccccc45)cc3)c2C(N)=O)cc1. The van der Waals surface area contributed by atoms with Crippen molar-refractivity contribution in [3.8, 4) is 57.1 Å². The molecule has 6 N–H and O–H groups in total. The molecule has 1 aliphatic carbocycles. The summed E-state index contributed by atoms with van der Waals surface area (Å²) in [4.78, 5) is 25.7. The smallest absolute Gasteiger partial charge is 0.334 e. The number of benzene rings is 5. The van der Waals surface area contributed by atoms with Crippen molar-refractivity contribution in [3.63, 3.8) is 0 Å². The number of aromatic nitrogens is 6. The third-order valence-electron chi connectivity index (χ3n) is 9.63. The number of rotatable bonds is 10. The molecular formula is C40H35N8O6+. The Hall–Kier alpha value is -7.22. The second-order valence-electron chi connectivity index (χ2n) is 12.8. The fourth-order valence-corrected chi connectivity index (χ4v) is 7.12. The molecule has 0 unspecified atom stereocenters. The first-order chi connectivity index (χ1) is 26.2. The molecule has 270 valence electrons. The highest BCUT2D eigenvalue weighted by Crippen LogP contribution is 2.38. The van der Waals surface area contributed by atoms with E-state index in [9.17, 15) is 19.8 Å². The first kappa shape index (κ1) is 33.9. The number of primary amides is 2.